The van der Waals surface area contributed by atoms with Crippen LogP contribution in [0.2, 0.25) is 0 Å². The van der Waals surface area contributed by atoms with E-state index < -0.39 is 17.7 Å². The molecule has 0 spiro atoms. The van der Waals surface area contributed by atoms with Crippen molar-refractivity contribution < 1.29 is 14.4 Å². The maximum absolute atomic E-state index is 13.1. The Balaban J connectivity index is 1.92. The first-order chi connectivity index (χ1) is 14.8. The summed E-state index contributed by atoms with van der Waals surface area (Å²) in [5.74, 6) is -2.02. The Labute approximate surface area is 196 Å². The van der Waals surface area contributed by atoms with Crippen LogP contribution in [0, 0.1) is 6.92 Å². The summed E-state index contributed by atoms with van der Waals surface area (Å²) in [6.07, 6.45) is 1.68. The molecule has 9 heteroatoms. The molecule has 2 aromatic carbocycles. The third kappa shape index (κ3) is 5.54. The van der Waals surface area contributed by atoms with Crippen molar-refractivity contribution in [1.29, 1.82) is 0 Å². The molecule has 0 bridgehead atoms. The molecule has 0 radical (unpaired) electrons. The molecule has 3 amide bonds. The third-order valence-electron chi connectivity index (χ3n) is 4.60. The van der Waals surface area contributed by atoms with Crippen LogP contribution in [-0.2, 0) is 9.59 Å². The first kappa shape index (κ1) is 23.0. The lowest BCUT2D eigenvalue weighted by Crippen LogP contribution is -2.40. The third-order valence-corrected chi connectivity index (χ3v) is 5.75. The minimum Gasteiger partial charge on any atom is -0.348 e. The summed E-state index contributed by atoms with van der Waals surface area (Å²) in [6, 6.07) is 12.6. The Morgan fingerprint density at radius 1 is 1.00 bits per heavy atom. The Morgan fingerprint density at radius 3 is 2.48 bits per heavy atom. The van der Waals surface area contributed by atoms with Crippen molar-refractivity contribution in [2.24, 2.45) is 0 Å². The first-order valence-corrected chi connectivity index (χ1v) is 11.4. The van der Waals surface area contributed by atoms with Crippen molar-refractivity contribution >= 4 is 66.2 Å². The molecule has 7 nitrogen and oxygen atoms in total. The Hall–Kier alpha value is -2.65. The van der Waals surface area contributed by atoms with E-state index in [-0.39, 0.29) is 5.69 Å². The van der Waals surface area contributed by atoms with Gasteiger partial charge in [0.15, 0.2) is 0 Å². The molecular weight excluding hydrogens is 528 g/mol. The molecule has 3 N–H and O–H groups in total. The number of rotatable bonds is 6. The lowest BCUT2D eigenvalue weighted by molar-refractivity contribution is -0.136. The molecule has 31 heavy (non-hydrogen) atoms. The van der Waals surface area contributed by atoms with Crippen LogP contribution < -0.4 is 16.1 Å². The van der Waals surface area contributed by atoms with Crippen LogP contribution in [0.3, 0.4) is 0 Å². The first-order valence-electron chi connectivity index (χ1n) is 9.78. The molecule has 1 aromatic heterocycles. The Morgan fingerprint density at radius 2 is 1.77 bits per heavy atom. The fourth-order valence-electron chi connectivity index (χ4n) is 2.99. The number of fused-ring (bicyclic) bond motifs is 1. The predicted octanol–water partition coefficient (Wildman–Crippen LogP) is 4.71. The number of unbranched alkanes of at least 4 members (excludes halogenated alkanes) is 1. The number of benzene rings is 2. The van der Waals surface area contributed by atoms with Crippen molar-refractivity contribution in [3.05, 3.63) is 62.7 Å². The van der Waals surface area contributed by atoms with Gasteiger partial charge in [-0.15, -0.1) is 0 Å². The number of carbonyl (C=O) groups excluding carboxylic acids is 3. The van der Waals surface area contributed by atoms with Gasteiger partial charge in [-0.05, 0) is 71.2 Å². The van der Waals surface area contributed by atoms with Crippen LogP contribution in [-0.4, -0.2) is 28.9 Å². The van der Waals surface area contributed by atoms with Gasteiger partial charge in [-0.1, -0.05) is 35.3 Å². The monoisotopic (exact) mass is 548 g/mol. The van der Waals surface area contributed by atoms with Gasteiger partial charge in [0, 0.05) is 20.9 Å². The van der Waals surface area contributed by atoms with Gasteiger partial charge >= 0.3 is 11.8 Å². The van der Waals surface area contributed by atoms with Crippen LogP contribution in [0.5, 0.6) is 0 Å². The minimum atomic E-state index is -0.845. The van der Waals surface area contributed by atoms with E-state index in [2.05, 4.69) is 47.9 Å². The maximum atomic E-state index is 13.1. The van der Waals surface area contributed by atoms with E-state index in [0.717, 1.165) is 32.7 Å². The van der Waals surface area contributed by atoms with E-state index in [9.17, 15) is 14.4 Å². The predicted molar refractivity (Wildman–Crippen MR) is 129 cm³/mol. The van der Waals surface area contributed by atoms with Crippen molar-refractivity contribution in [1.82, 2.24) is 9.99 Å². The number of carbonyl (C=O) groups is 3. The summed E-state index contributed by atoms with van der Waals surface area (Å²) in [4.78, 5) is 37.7. The molecule has 162 valence electrons. The fourth-order valence-corrected chi connectivity index (χ4v) is 3.96. The number of nitrogens with one attached hydrogen (secondary N) is 3. The highest BCUT2D eigenvalue weighted by Crippen LogP contribution is 2.26. The Kier molecular flexibility index (Phi) is 7.50. The lowest BCUT2D eigenvalue weighted by Gasteiger charge is -2.13. The van der Waals surface area contributed by atoms with E-state index in [1.54, 1.807) is 24.3 Å². The summed E-state index contributed by atoms with van der Waals surface area (Å²) in [6.45, 7) is 4.36. The van der Waals surface area contributed by atoms with Gasteiger partial charge in [-0.3, -0.25) is 19.8 Å². The number of hydrogen-bond donors (Lipinski definition) is 3. The number of aryl methyl sites for hydroxylation is 1. The highest BCUT2D eigenvalue weighted by atomic mass is 79.9. The number of amides is 3. The van der Waals surface area contributed by atoms with E-state index in [1.807, 2.05) is 32.0 Å². The quantitative estimate of drug-likeness (QED) is 0.307. The van der Waals surface area contributed by atoms with E-state index in [0.29, 0.717) is 17.7 Å². The van der Waals surface area contributed by atoms with E-state index >= 15 is 0 Å². The second-order valence-corrected chi connectivity index (χ2v) is 8.83. The molecule has 0 aliphatic carbocycles. The molecule has 0 aliphatic heterocycles. The molecule has 0 aliphatic rings. The lowest BCUT2D eigenvalue weighted by atomic mass is 10.2. The molecule has 1 heterocycles. The van der Waals surface area contributed by atoms with Gasteiger partial charge < -0.3 is 10.6 Å². The average Bonchev–Trinajstić information content (AvgIpc) is 3.07. The number of anilines is 1. The molecule has 0 fully saturated rings. The van der Waals surface area contributed by atoms with Crippen molar-refractivity contribution in [3.8, 4) is 0 Å². The molecule has 0 atom stereocenters. The molecule has 0 saturated heterocycles. The zero-order valence-electron chi connectivity index (χ0n) is 17.1. The number of halogens is 2. The van der Waals surface area contributed by atoms with Crippen LogP contribution in [0.15, 0.2) is 51.4 Å². The summed E-state index contributed by atoms with van der Waals surface area (Å²) in [5, 5.41) is 6.15. The largest absolute Gasteiger partial charge is 0.348 e. The van der Waals surface area contributed by atoms with Gasteiger partial charge in [0.25, 0.3) is 5.91 Å². The SMILES string of the molecule is CCCCNC(=O)C(=O)Nn1c(C(=O)Nc2ccc(C)cc2Br)cc2cc(Br)ccc21. The number of aromatic nitrogens is 1. The van der Waals surface area contributed by atoms with Crippen molar-refractivity contribution in [2.45, 2.75) is 26.7 Å². The minimum absolute atomic E-state index is 0.190. The topological polar surface area (TPSA) is 92.2 Å². The van der Waals surface area contributed by atoms with Crippen molar-refractivity contribution in [3.63, 3.8) is 0 Å². The van der Waals surface area contributed by atoms with E-state index in [1.165, 1.54) is 4.68 Å². The van der Waals surface area contributed by atoms with Crippen LogP contribution in [0.1, 0.15) is 35.8 Å². The smallest absolute Gasteiger partial charge is 0.328 e. The standard InChI is InChI=1S/C22H22Br2N4O3/c1-3-4-9-25-21(30)22(31)27-28-18-8-6-15(23)11-14(18)12-19(28)20(29)26-17-7-5-13(2)10-16(17)24/h5-8,10-12H,3-4,9H2,1-2H3,(H,25,30)(H,26,29)(H,27,31). The molecule has 3 aromatic rings. The normalized spacial score (nSPS) is 10.7. The van der Waals surface area contributed by atoms with Gasteiger partial charge in [-0.25, -0.2) is 4.68 Å². The van der Waals surface area contributed by atoms with Gasteiger partial charge in [0.2, 0.25) is 0 Å². The highest BCUT2D eigenvalue weighted by molar-refractivity contribution is 9.10. The van der Waals surface area contributed by atoms with Crippen LogP contribution in [0.4, 0.5) is 5.69 Å². The second kappa shape index (κ2) is 10.1. The molecule has 0 saturated carbocycles. The van der Waals surface area contributed by atoms with Crippen LogP contribution in [0.25, 0.3) is 10.9 Å². The average molecular weight is 550 g/mol. The Bertz CT molecular complexity index is 1160. The number of hydrogen-bond acceptors (Lipinski definition) is 3. The molecule has 0 unspecified atom stereocenters. The maximum Gasteiger partial charge on any atom is 0.328 e. The van der Waals surface area contributed by atoms with Crippen molar-refractivity contribution in [2.75, 3.05) is 17.3 Å². The van der Waals surface area contributed by atoms with Gasteiger partial charge in [0.1, 0.15) is 5.69 Å². The summed E-state index contributed by atoms with van der Waals surface area (Å²) in [5.41, 5.74) is 4.97. The summed E-state index contributed by atoms with van der Waals surface area (Å²) in [7, 11) is 0. The summed E-state index contributed by atoms with van der Waals surface area (Å²) < 4.78 is 2.90. The van der Waals surface area contributed by atoms with Gasteiger partial charge in [0.05, 0.1) is 11.2 Å². The second-order valence-electron chi connectivity index (χ2n) is 7.06. The fraction of sp³-hybridized carbons (Fsp3) is 0.227. The zero-order chi connectivity index (χ0) is 22.5. The highest BCUT2D eigenvalue weighted by Gasteiger charge is 2.21. The number of nitrogens with zero attached hydrogens (tertiary/aromatic N) is 1. The van der Waals surface area contributed by atoms with E-state index in [4.69, 9.17) is 0 Å². The summed E-state index contributed by atoms with van der Waals surface area (Å²) >= 11 is 6.86. The zero-order valence-corrected chi connectivity index (χ0v) is 20.3. The molecule has 3 rings (SSSR count). The van der Waals surface area contributed by atoms with Crippen LogP contribution >= 0.6 is 31.9 Å². The van der Waals surface area contributed by atoms with Gasteiger partial charge in [-0.2, -0.15) is 0 Å². The molecular formula is C22H22Br2N4O3.